The van der Waals surface area contributed by atoms with Crippen LogP contribution in [0.5, 0.6) is 0 Å². The van der Waals surface area contributed by atoms with Gasteiger partial charge >= 0.3 is 7.60 Å². The zero-order chi connectivity index (χ0) is 21.2. The summed E-state index contributed by atoms with van der Waals surface area (Å²) >= 11 is 0. The summed E-state index contributed by atoms with van der Waals surface area (Å²) in [5, 5.41) is 0. The molecule has 0 amide bonds. The van der Waals surface area contributed by atoms with Crippen LogP contribution in [0.4, 0.5) is 0 Å². The van der Waals surface area contributed by atoms with Gasteiger partial charge in [-0.25, -0.2) is 0 Å². The molecule has 0 aromatic heterocycles. The van der Waals surface area contributed by atoms with Gasteiger partial charge in [-0.15, -0.1) is 5.73 Å². The molecular weight excluding hydrogens is 383 g/mol. The van der Waals surface area contributed by atoms with Crippen molar-refractivity contribution < 1.29 is 18.4 Å². The molecule has 29 heavy (non-hydrogen) atoms. The average molecular weight is 427 g/mol. The molecule has 168 valence electrons. The second-order valence-corrected chi connectivity index (χ2v) is 9.89. The van der Waals surface area contributed by atoms with E-state index in [0.29, 0.717) is 19.0 Å². The van der Waals surface area contributed by atoms with Crippen molar-refractivity contribution in [1.82, 2.24) is 0 Å². The molecule has 1 fully saturated rings. The van der Waals surface area contributed by atoms with Crippen LogP contribution in [0.25, 0.3) is 0 Å². The van der Waals surface area contributed by atoms with Crippen molar-refractivity contribution in [2.24, 2.45) is 0 Å². The van der Waals surface area contributed by atoms with E-state index in [1.807, 2.05) is 13.8 Å². The number of Topliss-reactive ketones (excluding diaryl/α,β-unsaturated/α-hetero) is 1. The Labute approximate surface area is 179 Å². The molecule has 0 saturated heterocycles. The summed E-state index contributed by atoms with van der Waals surface area (Å²) in [6, 6.07) is 0. The number of carbonyl (C=O) groups excluding carboxylic acids is 1. The Morgan fingerprint density at radius 2 is 1.10 bits per heavy atom. The van der Waals surface area contributed by atoms with Gasteiger partial charge < -0.3 is 9.05 Å². The summed E-state index contributed by atoms with van der Waals surface area (Å²) in [6.45, 7) is 4.41. The maximum absolute atomic E-state index is 12.7. The molecule has 0 radical (unpaired) electrons. The predicted molar refractivity (Wildman–Crippen MR) is 121 cm³/mol. The standard InChI is InChI=1S/C24H43O4P/c1-3-27-29(26,28-4-2)22-21-23-17-13-9-5-7-11-15-19-24(25)20-16-12-8-6-10-14-18-23/h22H,3-20H2,1-2H3. The zero-order valence-electron chi connectivity index (χ0n) is 18.9. The third kappa shape index (κ3) is 14.1. The average Bonchev–Trinajstić information content (AvgIpc) is 2.69. The highest BCUT2D eigenvalue weighted by molar-refractivity contribution is 7.57. The van der Waals surface area contributed by atoms with Gasteiger partial charge in [0.1, 0.15) is 5.78 Å². The van der Waals surface area contributed by atoms with Gasteiger partial charge in [0.25, 0.3) is 0 Å². The quantitative estimate of drug-likeness (QED) is 0.329. The highest BCUT2D eigenvalue weighted by Gasteiger charge is 2.18. The lowest BCUT2D eigenvalue weighted by Gasteiger charge is -2.12. The van der Waals surface area contributed by atoms with E-state index in [-0.39, 0.29) is 0 Å². The van der Waals surface area contributed by atoms with E-state index in [0.717, 1.165) is 51.4 Å². The molecule has 1 saturated carbocycles. The number of carbonyl (C=O) groups is 1. The van der Waals surface area contributed by atoms with Gasteiger partial charge in [-0.05, 0) is 57.9 Å². The SMILES string of the molecule is CCOP(=O)(C=C=C1CCCCCCCCC(=O)CCCCCCCC1)OCC. The Morgan fingerprint density at radius 3 is 1.52 bits per heavy atom. The Kier molecular flexibility index (Phi) is 15.5. The van der Waals surface area contributed by atoms with Crippen LogP contribution in [0, 0.1) is 0 Å². The van der Waals surface area contributed by atoms with E-state index in [1.54, 1.807) is 5.82 Å². The first-order valence-electron chi connectivity index (χ1n) is 12.0. The topological polar surface area (TPSA) is 52.6 Å². The number of ketones is 1. The van der Waals surface area contributed by atoms with Gasteiger partial charge in [-0.1, -0.05) is 51.4 Å². The summed E-state index contributed by atoms with van der Waals surface area (Å²) in [7, 11) is -3.17. The normalized spacial score (nSPS) is 19.8. The van der Waals surface area contributed by atoms with E-state index in [9.17, 15) is 9.36 Å². The number of rotatable bonds is 5. The summed E-state index contributed by atoms with van der Waals surface area (Å²) < 4.78 is 23.4. The number of hydrogen-bond donors (Lipinski definition) is 0. The maximum atomic E-state index is 12.7. The Balaban J connectivity index is 2.65. The molecular formula is C24H43O4P. The lowest BCUT2D eigenvalue weighted by molar-refractivity contribution is -0.119. The lowest BCUT2D eigenvalue weighted by Crippen LogP contribution is -1.98. The molecule has 0 spiro atoms. The second kappa shape index (κ2) is 17.1. The van der Waals surface area contributed by atoms with Gasteiger partial charge in [0.05, 0.1) is 19.0 Å². The molecule has 0 N–H and O–H groups in total. The van der Waals surface area contributed by atoms with Crippen molar-refractivity contribution >= 4 is 13.4 Å². The number of hydrogen-bond acceptors (Lipinski definition) is 4. The van der Waals surface area contributed by atoms with Crippen molar-refractivity contribution in [3.05, 3.63) is 17.1 Å². The van der Waals surface area contributed by atoms with Crippen molar-refractivity contribution in [3.63, 3.8) is 0 Å². The van der Waals surface area contributed by atoms with Crippen LogP contribution < -0.4 is 0 Å². The molecule has 5 heteroatoms. The fraction of sp³-hybridized carbons (Fsp3) is 0.833. The van der Waals surface area contributed by atoms with Gasteiger partial charge in [0, 0.05) is 12.8 Å². The van der Waals surface area contributed by atoms with Crippen LogP contribution in [0.2, 0.25) is 0 Å². The largest absolute Gasteiger partial charge is 0.361 e. The van der Waals surface area contributed by atoms with E-state index < -0.39 is 7.60 Å². The summed E-state index contributed by atoms with van der Waals surface area (Å²) in [6.07, 6.45) is 17.6. The van der Waals surface area contributed by atoms with Crippen LogP contribution in [0.3, 0.4) is 0 Å². The first-order chi connectivity index (χ1) is 14.1. The molecule has 0 aromatic rings. The Morgan fingerprint density at radius 1 is 0.724 bits per heavy atom. The summed E-state index contributed by atoms with van der Waals surface area (Å²) in [4.78, 5) is 11.9. The molecule has 0 aliphatic heterocycles. The van der Waals surface area contributed by atoms with Gasteiger partial charge in [0.15, 0.2) is 0 Å². The van der Waals surface area contributed by atoms with Crippen molar-refractivity contribution in [2.75, 3.05) is 13.2 Å². The first kappa shape index (κ1) is 26.4. The molecule has 1 rings (SSSR count). The minimum Gasteiger partial charge on any atom is -0.305 e. The van der Waals surface area contributed by atoms with Crippen molar-refractivity contribution in [1.29, 1.82) is 0 Å². The van der Waals surface area contributed by atoms with E-state index in [4.69, 9.17) is 9.05 Å². The smallest absolute Gasteiger partial charge is 0.305 e. The fourth-order valence-corrected chi connectivity index (χ4v) is 5.06. The van der Waals surface area contributed by atoms with E-state index in [1.165, 1.54) is 56.9 Å². The second-order valence-electron chi connectivity index (χ2n) is 8.03. The first-order valence-corrected chi connectivity index (χ1v) is 13.6. The monoisotopic (exact) mass is 426 g/mol. The van der Waals surface area contributed by atoms with E-state index in [2.05, 4.69) is 5.73 Å². The van der Waals surface area contributed by atoms with Crippen LogP contribution in [0.1, 0.15) is 117 Å². The molecule has 0 heterocycles. The van der Waals surface area contributed by atoms with Crippen molar-refractivity contribution in [3.8, 4) is 0 Å². The molecule has 0 bridgehead atoms. The third-order valence-electron chi connectivity index (χ3n) is 5.41. The van der Waals surface area contributed by atoms with Crippen molar-refractivity contribution in [2.45, 2.75) is 117 Å². The maximum Gasteiger partial charge on any atom is 0.361 e. The minimum atomic E-state index is -3.17. The van der Waals surface area contributed by atoms with E-state index >= 15 is 0 Å². The van der Waals surface area contributed by atoms with Gasteiger partial charge in [0.2, 0.25) is 0 Å². The van der Waals surface area contributed by atoms with Crippen LogP contribution in [-0.2, 0) is 18.4 Å². The molecule has 4 nitrogen and oxygen atoms in total. The van der Waals surface area contributed by atoms with Crippen LogP contribution >= 0.6 is 7.60 Å². The van der Waals surface area contributed by atoms with Gasteiger partial charge in [-0.2, -0.15) is 0 Å². The Bertz CT molecular complexity index is 515. The lowest BCUT2D eigenvalue weighted by atomic mass is 9.98. The predicted octanol–water partition coefficient (Wildman–Crippen LogP) is 8.12. The van der Waals surface area contributed by atoms with Crippen LogP contribution in [-0.4, -0.2) is 19.0 Å². The molecule has 0 aromatic carbocycles. The number of allylic oxidation sites excluding steroid dienone is 1. The molecule has 0 unspecified atom stereocenters. The third-order valence-corrected chi connectivity index (χ3v) is 7.09. The zero-order valence-corrected chi connectivity index (χ0v) is 19.8. The van der Waals surface area contributed by atoms with Crippen LogP contribution in [0.15, 0.2) is 17.1 Å². The fourth-order valence-electron chi connectivity index (χ4n) is 3.77. The summed E-state index contributed by atoms with van der Waals surface area (Å²) in [5.74, 6) is 2.02. The molecule has 1 aliphatic carbocycles. The Hall–Kier alpha value is -0.660. The molecule has 0 atom stereocenters. The molecule has 1 aliphatic rings. The highest BCUT2D eigenvalue weighted by Crippen LogP contribution is 2.49. The minimum absolute atomic E-state index is 0.371. The summed E-state index contributed by atoms with van der Waals surface area (Å²) in [5.41, 5.74) is 4.54. The highest BCUT2D eigenvalue weighted by atomic mass is 31.2. The van der Waals surface area contributed by atoms with Gasteiger partial charge in [-0.3, -0.25) is 9.36 Å².